The summed E-state index contributed by atoms with van der Waals surface area (Å²) in [6.45, 7) is 2.81. The maximum atomic E-state index is 14.0. The van der Waals surface area contributed by atoms with Crippen LogP contribution in [-0.4, -0.2) is 43.8 Å². The lowest BCUT2D eigenvalue weighted by Gasteiger charge is -2.33. The SMILES string of the molecule is Cc1ccc(S(=O)(=O)N(CC(=O)N(Cc2ccc(Cl)c(Cl)c2)C(C)C(=O)NC2CCCCC2)c2ccc(F)cc2)cc1. The average Bonchev–Trinajstić information content (AvgIpc) is 2.97. The molecule has 7 nitrogen and oxygen atoms in total. The third-order valence-corrected chi connectivity index (χ3v) is 9.99. The average molecular weight is 635 g/mol. The van der Waals surface area contributed by atoms with Crippen LogP contribution in [0.2, 0.25) is 10.0 Å². The molecule has 4 rings (SSSR count). The summed E-state index contributed by atoms with van der Waals surface area (Å²) < 4.78 is 42.4. The molecule has 1 saturated carbocycles. The number of halogens is 3. The summed E-state index contributed by atoms with van der Waals surface area (Å²) in [5, 5.41) is 3.69. The number of rotatable bonds is 10. The molecule has 0 bridgehead atoms. The van der Waals surface area contributed by atoms with Gasteiger partial charge in [-0.25, -0.2) is 12.8 Å². The second kappa shape index (κ2) is 13.9. The van der Waals surface area contributed by atoms with Gasteiger partial charge in [-0.3, -0.25) is 13.9 Å². The Morgan fingerprint density at radius 3 is 2.21 bits per heavy atom. The molecule has 0 saturated heterocycles. The Hall–Kier alpha value is -3.14. The Balaban J connectivity index is 1.68. The normalized spacial score (nSPS) is 14.7. The van der Waals surface area contributed by atoms with Crippen LogP contribution in [0.1, 0.15) is 50.2 Å². The maximum absolute atomic E-state index is 14.0. The number of sulfonamides is 1. The zero-order chi connectivity index (χ0) is 30.4. The fourth-order valence-electron chi connectivity index (χ4n) is 4.96. The molecule has 1 N–H and O–H groups in total. The monoisotopic (exact) mass is 633 g/mol. The Morgan fingerprint density at radius 1 is 0.952 bits per heavy atom. The van der Waals surface area contributed by atoms with E-state index in [-0.39, 0.29) is 34.1 Å². The molecule has 1 fully saturated rings. The first-order chi connectivity index (χ1) is 20.0. The third kappa shape index (κ3) is 7.82. The van der Waals surface area contributed by atoms with Crippen molar-refractivity contribution in [1.82, 2.24) is 10.2 Å². The molecule has 2 amide bonds. The minimum absolute atomic E-state index is 0.0171. The van der Waals surface area contributed by atoms with E-state index in [1.807, 2.05) is 6.92 Å². The second-order valence-corrected chi connectivity index (χ2v) is 13.3. The van der Waals surface area contributed by atoms with Crippen LogP contribution in [0, 0.1) is 12.7 Å². The molecule has 3 aromatic carbocycles. The topological polar surface area (TPSA) is 86.8 Å². The van der Waals surface area contributed by atoms with Crippen LogP contribution >= 0.6 is 23.2 Å². The first-order valence-electron chi connectivity index (χ1n) is 13.8. The van der Waals surface area contributed by atoms with Crippen molar-refractivity contribution >= 4 is 50.7 Å². The number of carbonyl (C=O) groups is 2. The predicted molar refractivity (Wildman–Crippen MR) is 164 cm³/mol. The van der Waals surface area contributed by atoms with Crippen molar-refractivity contribution in [1.29, 1.82) is 0 Å². The van der Waals surface area contributed by atoms with Crippen molar-refractivity contribution < 1.29 is 22.4 Å². The van der Waals surface area contributed by atoms with Gasteiger partial charge in [0.15, 0.2) is 0 Å². The minimum atomic E-state index is -4.24. The summed E-state index contributed by atoms with van der Waals surface area (Å²) in [4.78, 5) is 28.7. The molecule has 224 valence electrons. The highest BCUT2D eigenvalue weighted by Crippen LogP contribution is 2.27. The number of hydrogen-bond donors (Lipinski definition) is 1. The number of nitrogens with zero attached hydrogens (tertiary/aromatic N) is 2. The fourth-order valence-corrected chi connectivity index (χ4v) is 6.69. The molecule has 0 spiro atoms. The summed E-state index contributed by atoms with van der Waals surface area (Å²) in [7, 11) is -4.24. The van der Waals surface area contributed by atoms with Gasteiger partial charge in [0, 0.05) is 12.6 Å². The lowest BCUT2D eigenvalue weighted by Crippen LogP contribution is -2.53. The molecule has 0 radical (unpaired) electrons. The van der Waals surface area contributed by atoms with Crippen LogP contribution in [0.4, 0.5) is 10.1 Å². The van der Waals surface area contributed by atoms with Crippen molar-refractivity contribution in [2.45, 2.75) is 69.5 Å². The van der Waals surface area contributed by atoms with Crippen molar-refractivity contribution in [2.75, 3.05) is 10.8 Å². The van der Waals surface area contributed by atoms with Crippen LogP contribution in [0.3, 0.4) is 0 Å². The van der Waals surface area contributed by atoms with E-state index in [2.05, 4.69) is 5.32 Å². The molecule has 0 aliphatic heterocycles. The predicted octanol–water partition coefficient (Wildman–Crippen LogP) is 6.50. The van der Waals surface area contributed by atoms with Gasteiger partial charge in [-0.1, -0.05) is 66.2 Å². The van der Waals surface area contributed by atoms with Crippen LogP contribution < -0.4 is 9.62 Å². The molecule has 11 heteroatoms. The lowest BCUT2D eigenvalue weighted by atomic mass is 9.95. The van der Waals surface area contributed by atoms with Crippen LogP contribution in [0.15, 0.2) is 71.6 Å². The van der Waals surface area contributed by atoms with Crippen molar-refractivity contribution in [3.05, 3.63) is 93.7 Å². The molecule has 0 aromatic heterocycles. The van der Waals surface area contributed by atoms with Gasteiger partial charge < -0.3 is 10.2 Å². The number of benzene rings is 3. The number of hydrogen-bond acceptors (Lipinski definition) is 4. The van der Waals surface area contributed by atoms with Crippen molar-refractivity contribution in [3.8, 4) is 0 Å². The van der Waals surface area contributed by atoms with E-state index in [4.69, 9.17) is 23.2 Å². The Morgan fingerprint density at radius 2 is 1.60 bits per heavy atom. The molecule has 42 heavy (non-hydrogen) atoms. The fraction of sp³-hybridized carbons (Fsp3) is 0.355. The first kappa shape index (κ1) is 31.8. The van der Waals surface area contributed by atoms with Crippen LogP contribution in [-0.2, 0) is 26.2 Å². The van der Waals surface area contributed by atoms with E-state index >= 15 is 0 Å². The highest BCUT2D eigenvalue weighted by Gasteiger charge is 2.33. The maximum Gasteiger partial charge on any atom is 0.264 e. The van der Waals surface area contributed by atoms with Gasteiger partial charge in [0.1, 0.15) is 18.4 Å². The molecular formula is C31H34Cl2FN3O4S. The van der Waals surface area contributed by atoms with Gasteiger partial charge in [-0.05, 0) is 80.8 Å². The third-order valence-electron chi connectivity index (χ3n) is 7.46. The second-order valence-electron chi connectivity index (χ2n) is 10.6. The van der Waals surface area contributed by atoms with Crippen LogP contribution in [0.5, 0.6) is 0 Å². The minimum Gasteiger partial charge on any atom is -0.352 e. The standard InChI is InChI=1S/C31H34Cl2FN3O4S/c1-21-8-15-27(16-9-21)42(40,41)37(26-13-11-24(34)12-14-26)20-30(38)36(19-23-10-17-28(32)29(33)18-23)22(2)31(39)35-25-6-4-3-5-7-25/h8-18,22,25H,3-7,19-20H2,1-2H3,(H,35,39). The molecule has 1 unspecified atom stereocenters. The summed E-state index contributed by atoms with van der Waals surface area (Å²) in [6, 6.07) is 15.1. The molecule has 0 heterocycles. The van der Waals surface area contributed by atoms with Gasteiger partial charge in [0.25, 0.3) is 10.0 Å². The Bertz CT molecular complexity index is 1510. The summed E-state index contributed by atoms with van der Waals surface area (Å²) >= 11 is 12.3. The molecule has 3 aromatic rings. The molecule has 1 aliphatic rings. The van der Waals surface area contributed by atoms with E-state index in [1.54, 1.807) is 37.3 Å². The lowest BCUT2D eigenvalue weighted by molar-refractivity contribution is -0.139. The van der Waals surface area contributed by atoms with E-state index in [0.29, 0.717) is 10.6 Å². The van der Waals surface area contributed by atoms with Crippen molar-refractivity contribution in [3.63, 3.8) is 0 Å². The number of nitrogens with one attached hydrogen (secondary N) is 1. The Kier molecular flexibility index (Phi) is 10.5. The molecular weight excluding hydrogens is 600 g/mol. The van der Waals surface area contributed by atoms with Gasteiger partial charge >= 0.3 is 0 Å². The van der Waals surface area contributed by atoms with Gasteiger partial charge in [0.2, 0.25) is 11.8 Å². The summed E-state index contributed by atoms with van der Waals surface area (Å²) in [6.07, 6.45) is 4.90. The van der Waals surface area contributed by atoms with E-state index in [1.165, 1.54) is 29.2 Å². The largest absolute Gasteiger partial charge is 0.352 e. The van der Waals surface area contributed by atoms with E-state index in [0.717, 1.165) is 54.1 Å². The number of amides is 2. The van der Waals surface area contributed by atoms with E-state index < -0.39 is 34.3 Å². The number of carbonyl (C=O) groups excluding carboxylic acids is 2. The highest BCUT2D eigenvalue weighted by molar-refractivity contribution is 7.92. The van der Waals surface area contributed by atoms with E-state index in [9.17, 15) is 22.4 Å². The van der Waals surface area contributed by atoms with Gasteiger partial charge in [-0.15, -0.1) is 0 Å². The quantitative estimate of drug-likeness (QED) is 0.276. The first-order valence-corrected chi connectivity index (χ1v) is 16.0. The highest BCUT2D eigenvalue weighted by atomic mass is 35.5. The number of anilines is 1. The van der Waals surface area contributed by atoms with Crippen molar-refractivity contribution in [2.24, 2.45) is 0 Å². The number of aryl methyl sites for hydroxylation is 1. The zero-order valence-electron chi connectivity index (χ0n) is 23.5. The summed E-state index contributed by atoms with van der Waals surface area (Å²) in [5.41, 5.74) is 1.59. The van der Waals surface area contributed by atoms with Gasteiger partial charge in [-0.2, -0.15) is 0 Å². The zero-order valence-corrected chi connectivity index (χ0v) is 25.9. The Labute approximate surface area is 256 Å². The van der Waals surface area contributed by atoms with Gasteiger partial charge in [0.05, 0.1) is 20.6 Å². The smallest absolute Gasteiger partial charge is 0.264 e. The molecule has 1 aliphatic carbocycles. The molecule has 1 atom stereocenters. The van der Waals surface area contributed by atoms with Crippen LogP contribution in [0.25, 0.3) is 0 Å². The summed E-state index contributed by atoms with van der Waals surface area (Å²) in [5.74, 6) is -1.50.